The quantitative estimate of drug-likeness (QED) is 0.774. The van der Waals surface area contributed by atoms with E-state index in [9.17, 15) is 4.79 Å². The van der Waals surface area contributed by atoms with Crippen LogP contribution in [0.2, 0.25) is 10.0 Å². The summed E-state index contributed by atoms with van der Waals surface area (Å²) >= 11 is 12.0. The number of hydrogen-bond acceptors (Lipinski definition) is 3. The van der Waals surface area contributed by atoms with Crippen molar-refractivity contribution in [3.8, 4) is 5.75 Å². The van der Waals surface area contributed by atoms with Gasteiger partial charge in [-0.05, 0) is 54.3 Å². The highest BCUT2D eigenvalue weighted by Gasteiger charge is 2.31. The van der Waals surface area contributed by atoms with E-state index >= 15 is 0 Å². The third-order valence-corrected chi connectivity index (χ3v) is 5.72. The predicted octanol–water partition coefficient (Wildman–Crippen LogP) is 4.37. The molecule has 0 saturated carbocycles. The van der Waals surface area contributed by atoms with Crippen molar-refractivity contribution in [1.82, 2.24) is 10.2 Å². The van der Waals surface area contributed by atoms with Gasteiger partial charge in [0.1, 0.15) is 12.4 Å². The van der Waals surface area contributed by atoms with Gasteiger partial charge in [0.2, 0.25) is 5.91 Å². The fourth-order valence-corrected chi connectivity index (χ4v) is 3.60. The molecule has 1 aliphatic heterocycles. The Labute approximate surface area is 170 Å². The molecule has 0 unspecified atom stereocenters. The lowest BCUT2D eigenvalue weighted by Gasteiger charge is -2.38. The summed E-state index contributed by atoms with van der Waals surface area (Å²) in [7, 11) is 1.69. The van der Waals surface area contributed by atoms with Gasteiger partial charge in [0, 0.05) is 26.7 Å². The molecule has 6 heteroatoms. The predicted molar refractivity (Wildman–Crippen MR) is 110 cm³/mol. The van der Waals surface area contributed by atoms with Crippen LogP contribution in [0, 0.1) is 19.8 Å². The summed E-state index contributed by atoms with van der Waals surface area (Å²) in [4.78, 5) is 13.9. The van der Waals surface area contributed by atoms with Crippen LogP contribution >= 0.6 is 23.2 Å². The number of benzene rings is 2. The lowest BCUT2D eigenvalue weighted by Crippen LogP contribution is -2.52. The summed E-state index contributed by atoms with van der Waals surface area (Å²) in [5.41, 5.74) is 4.53. The molecule has 1 saturated heterocycles. The van der Waals surface area contributed by atoms with E-state index in [1.807, 2.05) is 12.1 Å². The van der Waals surface area contributed by atoms with Gasteiger partial charge in [0.15, 0.2) is 0 Å². The number of amides is 1. The first-order valence-electron chi connectivity index (χ1n) is 8.98. The number of carbonyl (C=O) groups excluding carboxylic acids is 1. The highest BCUT2D eigenvalue weighted by molar-refractivity contribution is 6.42. The molecule has 1 amide bonds. The molecule has 1 heterocycles. The molecule has 0 bridgehead atoms. The fourth-order valence-electron chi connectivity index (χ4n) is 3.28. The fraction of sp³-hybridized carbons (Fsp3) is 0.381. The van der Waals surface area contributed by atoms with Crippen molar-refractivity contribution < 1.29 is 9.53 Å². The van der Waals surface area contributed by atoms with Gasteiger partial charge in [-0.2, -0.15) is 0 Å². The molecule has 2 aromatic carbocycles. The smallest absolute Gasteiger partial charge is 0.225 e. The zero-order valence-electron chi connectivity index (χ0n) is 15.8. The number of hydrogen-bond donors (Lipinski definition) is 1. The Bertz CT molecular complexity index is 848. The first-order valence-corrected chi connectivity index (χ1v) is 9.73. The highest BCUT2D eigenvalue weighted by atomic mass is 35.5. The zero-order valence-corrected chi connectivity index (χ0v) is 17.3. The minimum Gasteiger partial charge on any atom is -0.489 e. The molecular weight excluding hydrogens is 383 g/mol. The monoisotopic (exact) mass is 406 g/mol. The van der Waals surface area contributed by atoms with Crippen LogP contribution in [0.1, 0.15) is 22.3 Å². The lowest BCUT2D eigenvalue weighted by atomic mass is 9.96. The summed E-state index contributed by atoms with van der Waals surface area (Å²) in [6.07, 6.45) is 0. The average Bonchev–Trinajstić information content (AvgIpc) is 2.61. The topological polar surface area (TPSA) is 41.6 Å². The molecule has 0 atom stereocenters. The zero-order chi connectivity index (χ0) is 19.6. The van der Waals surface area contributed by atoms with E-state index in [4.69, 9.17) is 27.9 Å². The molecule has 4 nitrogen and oxygen atoms in total. The molecule has 2 aromatic rings. The third kappa shape index (κ3) is 4.75. The molecule has 1 fully saturated rings. The molecule has 0 aliphatic carbocycles. The van der Waals surface area contributed by atoms with Crippen LogP contribution in [0.15, 0.2) is 30.3 Å². The van der Waals surface area contributed by atoms with Crippen LogP contribution in [-0.4, -0.2) is 30.9 Å². The molecule has 1 N–H and O–H groups in total. The van der Waals surface area contributed by atoms with E-state index < -0.39 is 0 Å². The third-order valence-electron chi connectivity index (χ3n) is 4.98. The van der Waals surface area contributed by atoms with Crippen molar-refractivity contribution >= 4 is 29.1 Å². The van der Waals surface area contributed by atoms with Crippen LogP contribution in [0.25, 0.3) is 0 Å². The van der Waals surface area contributed by atoms with Crippen LogP contribution in [0.3, 0.4) is 0 Å². The average molecular weight is 407 g/mol. The second-order valence-electron chi connectivity index (χ2n) is 7.09. The van der Waals surface area contributed by atoms with E-state index in [0.29, 0.717) is 16.7 Å². The van der Waals surface area contributed by atoms with Crippen LogP contribution in [0.5, 0.6) is 5.75 Å². The van der Waals surface area contributed by atoms with E-state index in [1.54, 1.807) is 13.1 Å². The van der Waals surface area contributed by atoms with Crippen molar-refractivity contribution in [2.45, 2.75) is 27.0 Å². The standard InChI is InChI=1S/C21H24Cl2N2O2/c1-13-7-20(27-12-15-4-5-18(22)19(23)8-15)14(2)6-16(13)9-25-10-17(11-25)21(26)24-3/h4-8,17H,9-12H2,1-3H3,(H,24,26). The van der Waals surface area contributed by atoms with Gasteiger partial charge < -0.3 is 10.1 Å². The number of halogens is 2. The number of ether oxygens (including phenoxy) is 1. The normalized spacial score (nSPS) is 14.7. The van der Waals surface area contributed by atoms with Crippen molar-refractivity contribution in [2.24, 2.45) is 5.92 Å². The Morgan fingerprint density at radius 2 is 1.89 bits per heavy atom. The number of likely N-dealkylation sites (tertiary alicyclic amines) is 1. The lowest BCUT2D eigenvalue weighted by molar-refractivity contribution is -0.129. The summed E-state index contributed by atoms with van der Waals surface area (Å²) in [5, 5.41) is 3.79. The largest absolute Gasteiger partial charge is 0.489 e. The number of rotatable bonds is 6. The van der Waals surface area contributed by atoms with Gasteiger partial charge in [-0.25, -0.2) is 0 Å². The maximum absolute atomic E-state index is 11.6. The molecule has 27 heavy (non-hydrogen) atoms. The van der Waals surface area contributed by atoms with Gasteiger partial charge in [0.05, 0.1) is 16.0 Å². The minimum atomic E-state index is 0.116. The second-order valence-corrected chi connectivity index (χ2v) is 7.90. The number of nitrogens with one attached hydrogen (secondary N) is 1. The molecule has 144 valence electrons. The maximum Gasteiger partial charge on any atom is 0.225 e. The Kier molecular flexibility index (Phi) is 6.30. The van der Waals surface area contributed by atoms with Crippen molar-refractivity contribution in [2.75, 3.05) is 20.1 Å². The SMILES string of the molecule is CNC(=O)C1CN(Cc2cc(C)c(OCc3ccc(Cl)c(Cl)c3)cc2C)C1. The summed E-state index contributed by atoms with van der Waals surface area (Å²) in [6.45, 7) is 7.07. The van der Waals surface area contributed by atoms with Gasteiger partial charge in [-0.1, -0.05) is 35.3 Å². The Balaban J connectivity index is 1.61. The molecule has 0 aromatic heterocycles. The van der Waals surface area contributed by atoms with Crippen LogP contribution in [0.4, 0.5) is 0 Å². The molecule has 1 aliphatic rings. The Morgan fingerprint density at radius 1 is 1.15 bits per heavy atom. The van der Waals surface area contributed by atoms with Crippen molar-refractivity contribution in [1.29, 1.82) is 0 Å². The first-order chi connectivity index (χ1) is 12.9. The van der Waals surface area contributed by atoms with Gasteiger partial charge in [-0.15, -0.1) is 0 Å². The van der Waals surface area contributed by atoms with Gasteiger partial charge in [0.25, 0.3) is 0 Å². The van der Waals surface area contributed by atoms with E-state index in [-0.39, 0.29) is 11.8 Å². The van der Waals surface area contributed by atoms with Crippen LogP contribution in [-0.2, 0) is 17.9 Å². The minimum absolute atomic E-state index is 0.116. The van der Waals surface area contributed by atoms with E-state index in [0.717, 1.165) is 36.5 Å². The van der Waals surface area contributed by atoms with Gasteiger partial charge >= 0.3 is 0 Å². The number of carbonyl (C=O) groups is 1. The number of aryl methyl sites for hydroxylation is 2. The highest BCUT2D eigenvalue weighted by Crippen LogP contribution is 2.28. The van der Waals surface area contributed by atoms with Crippen molar-refractivity contribution in [3.63, 3.8) is 0 Å². The maximum atomic E-state index is 11.6. The van der Waals surface area contributed by atoms with Crippen LogP contribution < -0.4 is 10.1 Å². The molecule has 0 radical (unpaired) electrons. The Hall–Kier alpha value is -1.75. The summed E-state index contributed by atoms with van der Waals surface area (Å²) < 4.78 is 5.99. The van der Waals surface area contributed by atoms with E-state index in [2.05, 4.69) is 36.2 Å². The second kappa shape index (κ2) is 8.51. The molecular formula is C21H24Cl2N2O2. The molecule has 0 spiro atoms. The number of nitrogens with zero attached hydrogens (tertiary/aromatic N) is 1. The Morgan fingerprint density at radius 3 is 2.56 bits per heavy atom. The summed E-state index contributed by atoms with van der Waals surface area (Å²) in [5.74, 6) is 1.12. The molecule has 3 rings (SSSR count). The van der Waals surface area contributed by atoms with Crippen molar-refractivity contribution in [3.05, 3.63) is 62.6 Å². The first kappa shape index (κ1) is 20.0. The summed E-state index contributed by atoms with van der Waals surface area (Å²) in [6, 6.07) is 9.78. The van der Waals surface area contributed by atoms with E-state index in [1.165, 1.54) is 11.1 Å². The van der Waals surface area contributed by atoms with Gasteiger partial charge in [-0.3, -0.25) is 9.69 Å².